The minimum atomic E-state index is -3.76. The van der Waals surface area contributed by atoms with Crippen molar-refractivity contribution in [2.75, 3.05) is 25.1 Å². The van der Waals surface area contributed by atoms with Gasteiger partial charge in [0.2, 0.25) is 10.0 Å². The molecule has 0 bridgehead atoms. The Balaban J connectivity index is 2.16. The van der Waals surface area contributed by atoms with Gasteiger partial charge >= 0.3 is 5.97 Å². The molecule has 0 saturated carbocycles. The summed E-state index contributed by atoms with van der Waals surface area (Å²) in [6, 6.07) is 12.3. The second-order valence-electron chi connectivity index (χ2n) is 6.14. The Kier molecular flexibility index (Phi) is 6.98. The van der Waals surface area contributed by atoms with E-state index in [1.165, 1.54) is 13.2 Å². The van der Waals surface area contributed by atoms with Crippen molar-refractivity contribution in [3.8, 4) is 0 Å². The molecule has 2 aromatic rings. The highest BCUT2D eigenvalue weighted by atomic mass is 32.2. The van der Waals surface area contributed by atoms with E-state index in [2.05, 4.69) is 28.2 Å². The van der Waals surface area contributed by atoms with Gasteiger partial charge in [-0.15, -0.1) is 0 Å². The van der Waals surface area contributed by atoms with Crippen molar-refractivity contribution in [1.82, 2.24) is 4.72 Å². The number of esters is 1. The maximum absolute atomic E-state index is 12.7. The summed E-state index contributed by atoms with van der Waals surface area (Å²) in [5.41, 5.74) is 2.73. The number of hydrogen-bond acceptors (Lipinski definition) is 5. The SMILES string of the molecule is CCN(CC)c1ccc(CNS(=O)(=O)c2cc(C(=O)OC)ccc2C)cc1. The average molecular weight is 391 g/mol. The summed E-state index contributed by atoms with van der Waals surface area (Å²) < 4.78 is 32.6. The smallest absolute Gasteiger partial charge is 0.337 e. The van der Waals surface area contributed by atoms with Gasteiger partial charge in [-0.3, -0.25) is 0 Å². The number of sulfonamides is 1. The first-order valence-electron chi connectivity index (χ1n) is 8.84. The quantitative estimate of drug-likeness (QED) is 0.701. The van der Waals surface area contributed by atoms with E-state index in [1.54, 1.807) is 19.1 Å². The Morgan fingerprint density at radius 3 is 2.26 bits per heavy atom. The van der Waals surface area contributed by atoms with Crippen LogP contribution in [-0.4, -0.2) is 34.6 Å². The third-order valence-electron chi connectivity index (χ3n) is 4.43. The lowest BCUT2D eigenvalue weighted by Crippen LogP contribution is -2.24. The molecule has 1 N–H and O–H groups in total. The van der Waals surface area contributed by atoms with Crippen molar-refractivity contribution < 1.29 is 17.9 Å². The molecule has 0 unspecified atom stereocenters. The van der Waals surface area contributed by atoms with Crippen LogP contribution in [0.15, 0.2) is 47.4 Å². The summed E-state index contributed by atoms with van der Waals surface area (Å²) in [6.07, 6.45) is 0. The highest BCUT2D eigenvalue weighted by Crippen LogP contribution is 2.19. The highest BCUT2D eigenvalue weighted by molar-refractivity contribution is 7.89. The molecule has 0 radical (unpaired) electrons. The summed E-state index contributed by atoms with van der Waals surface area (Å²) in [4.78, 5) is 14.0. The van der Waals surface area contributed by atoms with Crippen LogP contribution < -0.4 is 9.62 Å². The third-order valence-corrected chi connectivity index (χ3v) is 5.97. The van der Waals surface area contributed by atoms with E-state index in [0.29, 0.717) is 5.56 Å². The van der Waals surface area contributed by atoms with Crippen molar-refractivity contribution in [2.24, 2.45) is 0 Å². The maximum Gasteiger partial charge on any atom is 0.337 e. The van der Waals surface area contributed by atoms with Crippen molar-refractivity contribution in [2.45, 2.75) is 32.2 Å². The molecule has 0 aromatic heterocycles. The first-order chi connectivity index (χ1) is 12.8. The average Bonchev–Trinajstić information content (AvgIpc) is 2.68. The molecular formula is C20H26N2O4S. The number of carbonyl (C=O) groups excluding carboxylic acids is 1. The van der Waals surface area contributed by atoms with Crippen LogP contribution in [-0.2, 0) is 21.3 Å². The molecule has 0 aliphatic heterocycles. The zero-order valence-electron chi connectivity index (χ0n) is 16.2. The fourth-order valence-corrected chi connectivity index (χ4v) is 4.09. The number of hydrogen-bond donors (Lipinski definition) is 1. The standard InChI is InChI=1S/C20H26N2O4S/c1-5-22(6-2)18-11-8-16(9-12-18)14-21-27(24,25)19-13-17(20(23)26-4)10-7-15(19)3/h7-13,21H,5-6,14H2,1-4H3. The Labute approximate surface area is 161 Å². The molecule has 0 heterocycles. The molecular weight excluding hydrogens is 364 g/mol. The summed E-state index contributed by atoms with van der Waals surface area (Å²) in [7, 11) is -2.50. The summed E-state index contributed by atoms with van der Waals surface area (Å²) >= 11 is 0. The first kappa shape index (κ1) is 20.9. The number of carbonyl (C=O) groups is 1. The van der Waals surface area contributed by atoms with Gasteiger partial charge in [0, 0.05) is 25.3 Å². The molecule has 2 aromatic carbocycles. The van der Waals surface area contributed by atoms with E-state index in [4.69, 9.17) is 0 Å². The fraction of sp³-hybridized carbons (Fsp3) is 0.350. The van der Waals surface area contributed by atoms with Gasteiger partial charge < -0.3 is 9.64 Å². The molecule has 146 valence electrons. The van der Waals surface area contributed by atoms with E-state index in [-0.39, 0.29) is 17.0 Å². The van der Waals surface area contributed by atoms with Gasteiger partial charge in [-0.25, -0.2) is 17.9 Å². The van der Waals surface area contributed by atoms with Crippen LogP contribution in [0.3, 0.4) is 0 Å². The van der Waals surface area contributed by atoms with Crippen molar-refractivity contribution in [3.05, 3.63) is 59.2 Å². The third kappa shape index (κ3) is 5.08. The fourth-order valence-electron chi connectivity index (χ4n) is 2.80. The zero-order chi connectivity index (χ0) is 20.0. The van der Waals surface area contributed by atoms with Gasteiger partial charge in [0.15, 0.2) is 0 Å². The number of aryl methyl sites for hydroxylation is 1. The normalized spacial score (nSPS) is 11.3. The van der Waals surface area contributed by atoms with Crippen LogP contribution in [0.25, 0.3) is 0 Å². The van der Waals surface area contributed by atoms with E-state index in [0.717, 1.165) is 24.3 Å². The lowest BCUT2D eigenvalue weighted by molar-refractivity contribution is 0.0600. The Bertz CT molecular complexity index is 889. The predicted octanol–water partition coefficient (Wildman–Crippen LogP) is 3.11. The van der Waals surface area contributed by atoms with Gasteiger partial charge in [0.25, 0.3) is 0 Å². The van der Waals surface area contributed by atoms with Gasteiger partial charge in [0.05, 0.1) is 17.6 Å². The monoisotopic (exact) mass is 390 g/mol. The van der Waals surface area contributed by atoms with E-state index in [1.807, 2.05) is 24.3 Å². The van der Waals surface area contributed by atoms with Crippen LogP contribution >= 0.6 is 0 Å². The first-order valence-corrected chi connectivity index (χ1v) is 10.3. The molecule has 0 spiro atoms. The van der Waals surface area contributed by atoms with Crippen molar-refractivity contribution in [3.63, 3.8) is 0 Å². The van der Waals surface area contributed by atoms with Crippen LogP contribution in [0.4, 0.5) is 5.69 Å². The Morgan fingerprint density at radius 2 is 1.70 bits per heavy atom. The lowest BCUT2D eigenvalue weighted by Gasteiger charge is -2.21. The zero-order valence-corrected chi connectivity index (χ0v) is 17.0. The number of anilines is 1. The molecule has 7 heteroatoms. The molecule has 0 amide bonds. The van der Waals surface area contributed by atoms with E-state index in [9.17, 15) is 13.2 Å². The largest absolute Gasteiger partial charge is 0.465 e. The Hall–Kier alpha value is -2.38. The predicted molar refractivity (Wildman–Crippen MR) is 107 cm³/mol. The van der Waals surface area contributed by atoms with Gasteiger partial charge in [-0.2, -0.15) is 0 Å². The molecule has 27 heavy (non-hydrogen) atoms. The molecule has 6 nitrogen and oxygen atoms in total. The second-order valence-corrected chi connectivity index (χ2v) is 7.87. The van der Waals surface area contributed by atoms with Crippen molar-refractivity contribution >= 4 is 21.7 Å². The molecule has 0 aliphatic carbocycles. The van der Waals surface area contributed by atoms with Gasteiger partial charge in [-0.05, 0) is 56.2 Å². The molecule has 0 aliphatic rings. The number of nitrogens with one attached hydrogen (secondary N) is 1. The van der Waals surface area contributed by atoms with Crippen molar-refractivity contribution in [1.29, 1.82) is 0 Å². The van der Waals surface area contributed by atoms with Crippen LogP contribution in [0.5, 0.6) is 0 Å². The number of rotatable bonds is 8. The minimum Gasteiger partial charge on any atom is -0.465 e. The summed E-state index contributed by atoms with van der Waals surface area (Å²) in [5.74, 6) is -0.571. The number of benzene rings is 2. The summed E-state index contributed by atoms with van der Waals surface area (Å²) in [6.45, 7) is 7.88. The minimum absolute atomic E-state index is 0.0742. The lowest BCUT2D eigenvalue weighted by atomic mass is 10.1. The molecule has 2 rings (SSSR count). The van der Waals surface area contributed by atoms with Gasteiger partial charge in [-0.1, -0.05) is 18.2 Å². The van der Waals surface area contributed by atoms with Crippen LogP contribution in [0.2, 0.25) is 0 Å². The Morgan fingerprint density at radius 1 is 1.07 bits per heavy atom. The number of nitrogens with zero attached hydrogens (tertiary/aromatic N) is 1. The van der Waals surface area contributed by atoms with Gasteiger partial charge in [0.1, 0.15) is 0 Å². The molecule has 0 saturated heterocycles. The molecule has 0 atom stereocenters. The maximum atomic E-state index is 12.7. The van der Waals surface area contributed by atoms with E-state index < -0.39 is 16.0 Å². The number of methoxy groups -OCH3 is 1. The molecule has 0 fully saturated rings. The topological polar surface area (TPSA) is 75.7 Å². The summed E-state index contributed by atoms with van der Waals surface area (Å²) in [5, 5.41) is 0. The highest BCUT2D eigenvalue weighted by Gasteiger charge is 2.19. The number of ether oxygens (including phenoxy) is 1. The second kappa shape index (κ2) is 9.01. The van der Waals surface area contributed by atoms with E-state index >= 15 is 0 Å². The van der Waals surface area contributed by atoms with Crippen LogP contribution in [0.1, 0.15) is 35.3 Å². The van der Waals surface area contributed by atoms with Crippen LogP contribution in [0, 0.1) is 6.92 Å².